The van der Waals surface area contributed by atoms with Crippen LogP contribution in [-0.4, -0.2) is 42.8 Å². The third kappa shape index (κ3) is 4.91. The molecule has 0 spiro atoms. The second-order valence-corrected chi connectivity index (χ2v) is 7.95. The number of aryl methyl sites for hydroxylation is 1. The summed E-state index contributed by atoms with van der Waals surface area (Å²) in [4.78, 5) is 16.6. The first-order valence-electron chi connectivity index (χ1n) is 10.5. The van der Waals surface area contributed by atoms with Crippen LogP contribution in [-0.2, 0) is 21.6 Å². The number of pyridine rings is 1. The number of alkyl halides is 7. The zero-order valence-electron chi connectivity index (χ0n) is 18.3. The molecule has 1 saturated heterocycles. The van der Waals surface area contributed by atoms with E-state index < -0.39 is 35.8 Å². The number of benzene rings is 1. The van der Waals surface area contributed by atoms with Gasteiger partial charge in [0, 0.05) is 28.6 Å². The van der Waals surface area contributed by atoms with E-state index in [9.17, 15) is 35.5 Å². The Hall–Kier alpha value is -2.63. The number of fused-ring (bicyclic) bond motifs is 1. The molecule has 0 N–H and O–H groups in total. The van der Waals surface area contributed by atoms with Crippen molar-refractivity contribution < 1.29 is 49.7 Å². The largest absolute Gasteiger partial charge is 0.514 e. The van der Waals surface area contributed by atoms with E-state index in [1.165, 1.54) is 0 Å². The van der Waals surface area contributed by atoms with Crippen LogP contribution >= 0.6 is 0 Å². The lowest BCUT2D eigenvalue weighted by Gasteiger charge is -2.30. The van der Waals surface area contributed by atoms with Crippen molar-refractivity contribution in [3.05, 3.63) is 35.0 Å². The van der Waals surface area contributed by atoms with Gasteiger partial charge in [-0.2, -0.15) is 26.3 Å². The van der Waals surface area contributed by atoms with Crippen LogP contribution in [0.15, 0.2) is 18.2 Å². The predicted octanol–water partition coefficient (Wildman–Crippen LogP) is 6.48. The minimum Gasteiger partial charge on any atom is -0.428 e. The second kappa shape index (κ2) is 9.55. The van der Waals surface area contributed by atoms with E-state index in [1.54, 1.807) is 6.92 Å². The summed E-state index contributed by atoms with van der Waals surface area (Å²) < 4.78 is 110. The van der Waals surface area contributed by atoms with Gasteiger partial charge in [0.2, 0.25) is 0 Å². The van der Waals surface area contributed by atoms with Crippen LogP contribution in [0.2, 0.25) is 0 Å². The number of nitrogens with zero attached hydrogens (tertiary/aromatic N) is 1. The van der Waals surface area contributed by atoms with Gasteiger partial charge in [0.15, 0.2) is 0 Å². The molecule has 12 heteroatoms. The third-order valence-corrected chi connectivity index (χ3v) is 5.54. The Morgan fingerprint density at radius 3 is 2.38 bits per heavy atom. The van der Waals surface area contributed by atoms with Crippen molar-refractivity contribution in [1.82, 2.24) is 4.98 Å². The Labute approximate surface area is 190 Å². The van der Waals surface area contributed by atoms with Gasteiger partial charge in [-0.25, -0.2) is 9.18 Å². The molecule has 0 aliphatic carbocycles. The number of hydrogen-bond donors (Lipinski definition) is 0. The predicted molar refractivity (Wildman–Crippen MR) is 106 cm³/mol. The number of carbonyl (C=O) groups excluding carboxylic acids is 1. The summed E-state index contributed by atoms with van der Waals surface area (Å²) in [6.07, 6.45) is -12.5. The van der Waals surface area contributed by atoms with Gasteiger partial charge in [-0.3, -0.25) is 4.98 Å². The number of ether oxygens (including phenoxy) is 3. The summed E-state index contributed by atoms with van der Waals surface area (Å²) in [6.45, 7) is 3.90. The monoisotopic (exact) mass is 497 g/mol. The van der Waals surface area contributed by atoms with E-state index in [-0.39, 0.29) is 29.7 Å². The molecule has 5 nitrogen and oxygen atoms in total. The van der Waals surface area contributed by atoms with E-state index in [4.69, 9.17) is 14.2 Å². The highest BCUT2D eigenvalue weighted by Gasteiger charge is 2.73. The molecule has 1 aliphatic rings. The number of rotatable bonds is 6. The fourth-order valence-electron chi connectivity index (χ4n) is 3.71. The van der Waals surface area contributed by atoms with Gasteiger partial charge in [-0.1, -0.05) is 19.4 Å². The highest BCUT2D eigenvalue weighted by atomic mass is 19.4. The molecule has 1 unspecified atom stereocenters. The minimum atomic E-state index is -6.29. The van der Waals surface area contributed by atoms with Crippen LogP contribution in [0.3, 0.4) is 0 Å². The summed E-state index contributed by atoms with van der Waals surface area (Å²) in [5, 5.41) is -0.371. The Morgan fingerprint density at radius 1 is 1.15 bits per heavy atom. The molecule has 0 amide bonds. The van der Waals surface area contributed by atoms with E-state index in [1.807, 2.05) is 6.92 Å². The summed E-state index contributed by atoms with van der Waals surface area (Å²) in [6, 6.07) is 1.58. The molecule has 188 valence electrons. The first-order chi connectivity index (χ1) is 15.8. The first kappa shape index (κ1) is 26.0. The maximum Gasteiger partial charge on any atom is 0.514 e. The number of aromatic nitrogens is 1. The molecule has 2 heterocycles. The Balaban J connectivity index is 2.17. The first-order valence-corrected chi connectivity index (χ1v) is 10.5. The molecular formula is C22H22F7NO4. The lowest BCUT2D eigenvalue weighted by atomic mass is 9.92. The van der Waals surface area contributed by atoms with Crippen LogP contribution in [0.25, 0.3) is 10.9 Å². The Morgan fingerprint density at radius 2 is 1.82 bits per heavy atom. The van der Waals surface area contributed by atoms with Crippen LogP contribution < -0.4 is 4.74 Å². The molecule has 3 rings (SSSR count). The molecule has 0 radical (unpaired) electrons. The number of hydrogen-bond acceptors (Lipinski definition) is 5. The SMILES string of the molecule is CCCCc1c(C)nc2ccc(C(F)(C(F)(F)F)C(F)(F)F)cc2c1OC(=O)OC1CCOC1. The summed E-state index contributed by atoms with van der Waals surface area (Å²) in [5.41, 5.74) is -6.75. The summed E-state index contributed by atoms with van der Waals surface area (Å²) >= 11 is 0. The van der Waals surface area contributed by atoms with Crippen LogP contribution in [0, 0.1) is 6.92 Å². The highest BCUT2D eigenvalue weighted by molar-refractivity contribution is 5.89. The standard InChI is InChI=1S/C22H22F7NO4/c1-3-4-5-15-12(2)30-17-7-6-13(20(23,21(24,25)26)22(27,28)29)10-16(17)18(15)34-19(31)33-14-8-9-32-11-14/h6-7,10,14H,3-5,8-9,11H2,1-2H3. The minimum absolute atomic E-state index is 0.0693. The fraction of sp³-hybridized carbons (Fsp3) is 0.545. The third-order valence-electron chi connectivity index (χ3n) is 5.54. The zero-order valence-corrected chi connectivity index (χ0v) is 18.3. The van der Waals surface area contributed by atoms with Gasteiger partial charge in [0.05, 0.1) is 18.7 Å². The smallest absolute Gasteiger partial charge is 0.428 e. The van der Waals surface area contributed by atoms with Gasteiger partial charge in [-0.05, 0) is 31.9 Å². The molecule has 1 atom stereocenters. The van der Waals surface area contributed by atoms with Crippen molar-refractivity contribution in [2.75, 3.05) is 13.2 Å². The quantitative estimate of drug-likeness (QED) is 0.338. The van der Waals surface area contributed by atoms with Crippen molar-refractivity contribution in [2.24, 2.45) is 0 Å². The fourth-order valence-corrected chi connectivity index (χ4v) is 3.71. The normalized spacial score (nSPS) is 17.3. The van der Waals surface area contributed by atoms with E-state index in [0.717, 1.165) is 6.07 Å². The van der Waals surface area contributed by atoms with Crippen LogP contribution in [0.5, 0.6) is 5.75 Å². The lowest BCUT2D eigenvalue weighted by molar-refractivity contribution is -0.348. The van der Waals surface area contributed by atoms with Gasteiger partial charge in [0.1, 0.15) is 11.9 Å². The van der Waals surface area contributed by atoms with Gasteiger partial charge in [-0.15, -0.1) is 0 Å². The van der Waals surface area contributed by atoms with Crippen molar-refractivity contribution in [1.29, 1.82) is 0 Å². The number of carbonyl (C=O) groups is 1. The summed E-state index contributed by atoms with van der Waals surface area (Å²) in [7, 11) is 0. The zero-order chi connectivity index (χ0) is 25.3. The summed E-state index contributed by atoms with van der Waals surface area (Å²) in [5.74, 6) is -0.312. The van der Waals surface area contributed by atoms with Crippen LogP contribution in [0.1, 0.15) is 43.0 Å². The molecular weight excluding hydrogens is 475 g/mol. The molecule has 1 aromatic carbocycles. The van der Waals surface area contributed by atoms with Gasteiger partial charge >= 0.3 is 24.2 Å². The molecule has 0 saturated carbocycles. The maximum absolute atomic E-state index is 14.7. The lowest BCUT2D eigenvalue weighted by Crippen LogP contribution is -2.50. The number of unbranched alkanes of at least 4 members (excludes halogenated alkanes) is 1. The van der Waals surface area contributed by atoms with Crippen LogP contribution in [0.4, 0.5) is 35.5 Å². The molecule has 1 aliphatic heterocycles. The topological polar surface area (TPSA) is 57.7 Å². The van der Waals surface area contributed by atoms with Gasteiger partial charge in [0.25, 0.3) is 0 Å². The number of halogens is 7. The molecule has 1 aromatic heterocycles. The second-order valence-electron chi connectivity index (χ2n) is 7.95. The average molecular weight is 497 g/mol. The van der Waals surface area contributed by atoms with Crippen molar-refractivity contribution >= 4 is 17.1 Å². The van der Waals surface area contributed by atoms with E-state index in [0.29, 0.717) is 49.3 Å². The van der Waals surface area contributed by atoms with E-state index >= 15 is 0 Å². The Bertz CT molecular complexity index is 1030. The van der Waals surface area contributed by atoms with Crippen molar-refractivity contribution in [3.63, 3.8) is 0 Å². The average Bonchev–Trinajstić information content (AvgIpc) is 3.23. The highest BCUT2D eigenvalue weighted by Crippen LogP contribution is 2.53. The van der Waals surface area contributed by atoms with E-state index in [2.05, 4.69) is 4.98 Å². The molecule has 1 fully saturated rings. The van der Waals surface area contributed by atoms with Gasteiger partial charge < -0.3 is 14.2 Å². The molecule has 2 aromatic rings. The maximum atomic E-state index is 14.7. The molecule has 34 heavy (non-hydrogen) atoms. The van der Waals surface area contributed by atoms with Crippen molar-refractivity contribution in [3.8, 4) is 5.75 Å². The Kier molecular flexibility index (Phi) is 7.30. The molecule has 0 bridgehead atoms. The van der Waals surface area contributed by atoms with Crippen molar-refractivity contribution in [2.45, 2.75) is 63.7 Å².